The number of carbonyl (C=O) groups is 2. The van der Waals surface area contributed by atoms with Gasteiger partial charge in [0.1, 0.15) is 12.4 Å². The van der Waals surface area contributed by atoms with Crippen LogP contribution >= 0.6 is 0 Å². The number of rotatable bonds is 3. The first-order valence-electron chi connectivity index (χ1n) is 9.17. The lowest BCUT2D eigenvalue weighted by molar-refractivity contribution is -0.238. The minimum absolute atomic E-state index is 0.117. The second-order valence-corrected chi connectivity index (χ2v) is 7.75. The molecule has 3 aliphatic rings. The molecule has 0 radical (unpaired) electrons. The lowest BCUT2D eigenvalue weighted by atomic mass is 9.86. The number of hydrogen-bond donors (Lipinski definition) is 2. The average Bonchev–Trinajstić information content (AvgIpc) is 3.08. The lowest BCUT2D eigenvalue weighted by Crippen LogP contribution is -2.39. The largest absolute Gasteiger partial charge is 0.457 e. The lowest BCUT2D eigenvalue weighted by Gasteiger charge is -2.32. The minimum Gasteiger partial charge on any atom is -0.457 e. The SMILES string of the molecule is C/C=C(\C)C(=O)OCC1=C2/C(=C\[C@@]3(C)CC[C@](O)(O3)[C@H](C)C[C@@H]2O)OC1=O. The summed E-state index contributed by atoms with van der Waals surface area (Å²) in [6.07, 6.45) is 3.37. The van der Waals surface area contributed by atoms with Crippen molar-refractivity contribution in [3.05, 3.63) is 34.6 Å². The van der Waals surface area contributed by atoms with Gasteiger partial charge in [-0.15, -0.1) is 0 Å². The molecule has 148 valence electrons. The molecule has 2 bridgehead atoms. The maximum atomic E-state index is 12.4. The number of carbonyl (C=O) groups excluding carboxylic acids is 2. The van der Waals surface area contributed by atoms with Crippen LogP contribution in [0.25, 0.3) is 0 Å². The highest BCUT2D eigenvalue weighted by Crippen LogP contribution is 2.47. The van der Waals surface area contributed by atoms with Crippen molar-refractivity contribution < 1.29 is 34.0 Å². The summed E-state index contributed by atoms with van der Waals surface area (Å²) in [5, 5.41) is 21.6. The summed E-state index contributed by atoms with van der Waals surface area (Å²) in [5.41, 5.74) is 0.0267. The molecular weight excluding hydrogens is 352 g/mol. The first kappa shape index (κ1) is 19.8. The predicted molar refractivity (Wildman–Crippen MR) is 95.1 cm³/mol. The molecule has 0 aromatic rings. The van der Waals surface area contributed by atoms with Crippen LogP contribution < -0.4 is 0 Å². The summed E-state index contributed by atoms with van der Waals surface area (Å²) in [7, 11) is 0. The van der Waals surface area contributed by atoms with Gasteiger partial charge in [-0.2, -0.15) is 0 Å². The third-order valence-corrected chi connectivity index (χ3v) is 5.65. The van der Waals surface area contributed by atoms with Crippen molar-refractivity contribution in [2.24, 2.45) is 5.92 Å². The van der Waals surface area contributed by atoms with E-state index in [-0.39, 0.29) is 30.3 Å². The van der Waals surface area contributed by atoms with E-state index in [1.54, 1.807) is 39.8 Å². The highest BCUT2D eigenvalue weighted by Gasteiger charge is 2.51. The van der Waals surface area contributed by atoms with Crippen molar-refractivity contribution in [2.45, 2.75) is 64.4 Å². The topological polar surface area (TPSA) is 102 Å². The summed E-state index contributed by atoms with van der Waals surface area (Å²) >= 11 is 0. The van der Waals surface area contributed by atoms with Gasteiger partial charge in [-0.25, -0.2) is 9.59 Å². The Balaban J connectivity index is 1.97. The first-order valence-corrected chi connectivity index (χ1v) is 9.17. The van der Waals surface area contributed by atoms with Crippen LogP contribution in [0.5, 0.6) is 0 Å². The second kappa shape index (κ2) is 6.89. The van der Waals surface area contributed by atoms with Gasteiger partial charge in [0, 0.05) is 23.5 Å². The van der Waals surface area contributed by atoms with Crippen LogP contribution in [0.4, 0.5) is 0 Å². The number of allylic oxidation sites excluding steroid dienone is 1. The second-order valence-electron chi connectivity index (χ2n) is 7.75. The van der Waals surface area contributed by atoms with Gasteiger partial charge in [-0.1, -0.05) is 13.0 Å². The van der Waals surface area contributed by atoms with Crippen molar-refractivity contribution in [3.8, 4) is 0 Å². The number of ether oxygens (including phenoxy) is 3. The van der Waals surface area contributed by atoms with Crippen molar-refractivity contribution in [1.29, 1.82) is 0 Å². The predicted octanol–water partition coefficient (Wildman–Crippen LogP) is 1.89. The molecule has 0 aromatic carbocycles. The standard InChI is InChI=1S/C20H26O7/c1-5-11(2)17(22)25-10-13-16-14(21)8-12(3)20(24)7-6-19(4,27-20)9-15(16)26-18(13)23/h5,9,12,14,21,24H,6-8,10H2,1-4H3/b11-5+,15-9+/t12-,14+,19-,20+/m1/s1. The fraction of sp³-hybridized carbons (Fsp3) is 0.600. The fourth-order valence-electron chi connectivity index (χ4n) is 3.75. The third kappa shape index (κ3) is 3.59. The number of hydrogen-bond acceptors (Lipinski definition) is 7. The van der Waals surface area contributed by atoms with E-state index < -0.39 is 29.4 Å². The smallest absolute Gasteiger partial charge is 0.343 e. The van der Waals surface area contributed by atoms with Gasteiger partial charge in [-0.05, 0) is 39.7 Å². The molecule has 0 aromatic heterocycles. The third-order valence-electron chi connectivity index (χ3n) is 5.65. The zero-order valence-electron chi connectivity index (χ0n) is 16.1. The highest BCUT2D eigenvalue weighted by atomic mass is 16.6. The maximum absolute atomic E-state index is 12.4. The van der Waals surface area contributed by atoms with E-state index in [0.29, 0.717) is 24.0 Å². The molecule has 0 aliphatic carbocycles. The number of fused-ring (bicyclic) bond motifs is 3. The van der Waals surface area contributed by atoms with Gasteiger partial charge in [0.2, 0.25) is 0 Å². The number of aliphatic hydroxyl groups excluding tert-OH is 1. The molecular formula is C20H26O7. The molecule has 27 heavy (non-hydrogen) atoms. The Labute approximate surface area is 158 Å². The van der Waals surface area contributed by atoms with E-state index in [2.05, 4.69) is 0 Å². The van der Waals surface area contributed by atoms with Crippen molar-refractivity contribution >= 4 is 11.9 Å². The van der Waals surface area contributed by atoms with Crippen LogP contribution in [0.3, 0.4) is 0 Å². The molecule has 4 atom stereocenters. The molecule has 1 saturated heterocycles. The zero-order valence-corrected chi connectivity index (χ0v) is 16.1. The number of aliphatic hydroxyl groups is 2. The van der Waals surface area contributed by atoms with E-state index in [4.69, 9.17) is 14.2 Å². The summed E-state index contributed by atoms with van der Waals surface area (Å²) in [6.45, 7) is 6.65. The van der Waals surface area contributed by atoms with Crippen LogP contribution in [0.15, 0.2) is 34.6 Å². The summed E-state index contributed by atoms with van der Waals surface area (Å²) < 4.78 is 16.5. The highest BCUT2D eigenvalue weighted by molar-refractivity contribution is 5.96. The monoisotopic (exact) mass is 378 g/mol. The van der Waals surface area contributed by atoms with Crippen LogP contribution in [-0.2, 0) is 23.8 Å². The molecule has 3 aliphatic heterocycles. The van der Waals surface area contributed by atoms with Crippen molar-refractivity contribution in [1.82, 2.24) is 0 Å². The quantitative estimate of drug-likeness (QED) is 0.571. The summed E-state index contributed by atoms with van der Waals surface area (Å²) in [4.78, 5) is 24.3. The summed E-state index contributed by atoms with van der Waals surface area (Å²) in [5.74, 6) is -2.68. The Morgan fingerprint density at radius 2 is 2.15 bits per heavy atom. The van der Waals surface area contributed by atoms with Crippen molar-refractivity contribution in [3.63, 3.8) is 0 Å². The van der Waals surface area contributed by atoms with Crippen LogP contribution in [-0.4, -0.2) is 46.3 Å². The Hall–Kier alpha value is -1.96. The zero-order chi connectivity index (χ0) is 20.0. The Morgan fingerprint density at radius 3 is 2.81 bits per heavy atom. The molecule has 0 unspecified atom stereocenters. The van der Waals surface area contributed by atoms with Crippen LogP contribution in [0, 0.1) is 5.92 Å². The first-order chi connectivity index (χ1) is 12.6. The molecule has 0 amide bonds. The van der Waals surface area contributed by atoms with Gasteiger partial charge >= 0.3 is 11.9 Å². The van der Waals surface area contributed by atoms with E-state index in [1.165, 1.54) is 0 Å². The van der Waals surface area contributed by atoms with E-state index in [1.807, 2.05) is 0 Å². The molecule has 0 spiro atoms. The van der Waals surface area contributed by atoms with Crippen LogP contribution in [0.2, 0.25) is 0 Å². The van der Waals surface area contributed by atoms with Gasteiger partial charge in [0.25, 0.3) is 0 Å². The molecule has 7 nitrogen and oxygen atoms in total. The van der Waals surface area contributed by atoms with E-state index in [0.717, 1.165) is 0 Å². The minimum atomic E-state index is -1.34. The van der Waals surface area contributed by atoms with E-state index >= 15 is 0 Å². The Morgan fingerprint density at radius 1 is 1.44 bits per heavy atom. The fourth-order valence-corrected chi connectivity index (χ4v) is 3.75. The average molecular weight is 378 g/mol. The molecule has 7 heteroatoms. The van der Waals surface area contributed by atoms with Gasteiger partial charge in [0.05, 0.1) is 17.3 Å². The molecule has 3 heterocycles. The van der Waals surface area contributed by atoms with Crippen molar-refractivity contribution in [2.75, 3.05) is 6.61 Å². The van der Waals surface area contributed by atoms with Gasteiger partial charge in [0.15, 0.2) is 5.79 Å². The number of esters is 2. The molecule has 2 N–H and O–H groups in total. The molecule has 3 rings (SSSR count). The Bertz CT molecular complexity index is 762. The molecule has 0 saturated carbocycles. The normalized spacial score (nSPS) is 38.4. The van der Waals surface area contributed by atoms with Gasteiger partial charge < -0.3 is 24.4 Å². The maximum Gasteiger partial charge on any atom is 0.343 e. The molecule has 1 fully saturated rings. The van der Waals surface area contributed by atoms with Crippen LogP contribution in [0.1, 0.15) is 47.0 Å². The summed E-state index contributed by atoms with van der Waals surface area (Å²) in [6, 6.07) is 0. The van der Waals surface area contributed by atoms with Gasteiger partial charge in [-0.3, -0.25) is 0 Å². The van der Waals surface area contributed by atoms with E-state index in [9.17, 15) is 19.8 Å². The Kier molecular flexibility index (Phi) is 5.05.